The Morgan fingerprint density at radius 3 is 2.27 bits per heavy atom. The normalized spacial score (nSPS) is 11.9. The molecule has 0 fully saturated rings. The van der Waals surface area contributed by atoms with Crippen molar-refractivity contribution in [3.8, 4) is 0 Å². The Morgan fingerprint density at radius 2 is 1.87 bits per heavy atom. The highest BCUT2D eigenvalue weighted by Gasteiger charge is 2.21. The first-order chi connectivity index (χ1) is 6.86. The first-order valence-corrected chi connectivity index (χ1v) is 5.14. The third-order valence-corrected chi connectivity index (χ3v) is 2.41. The second kappa shape index (κ2) is 4.31. The van der Waals surface area contributed by atoms with E-state index in [1.54, 1.807) is 13.2 Å². The molecule has 0 aliphatic rings. The van der Waals surface area contributed by atoms with E-state index in [0.717, 1.165) is 16.7 Å². The van der Waals surface area contributed by atoms with Crippen LogP contribution in [0.1, 0.15) is 37.5 Å². The van der Waals surface area contributed by atoms with Crippen molar-refractivity contribution >= 4 is 0 Å². The summed E-state index contributed by atoms with van der Waals surface area (Å²) in [5.74, 6) is -0.130. The number of methoxy groups -OCH3 is 1. The molecular formula is C13H19FO. The molecule has 0 unspecified atom stereocenters. The van der Waals surface area contributed by atoms with Gasteiger partial charge in [0.1, 0.15) is 5.82 Å². The zero-order valence-electron chi connectivity index (χ0n) is 10.1. The number of hydrogen-bond donors (Lipinski definition) is 0. The maximum Gasteiger partial charge on any atom is 0.127 e. The smallest absolute Gasteiger partial charge is 0.127 e. The SMILES string of the molecule is COCc1cc(C)c(C(C)(C)C)c(F)c1. The molecule has 0 atom stereocenters. The summed E-state index contributed by atoms with van der Waals surface area (Å²) >= 11 is 0. The van der Waals surface area contributed by atoms with Crippen LogP contribution >= 0.6 is 0 Å². The molecule has 0 spiro atoms. The molecule has 0 aliphatic heterocycles. The topological polar surface area (TPSA) is 9.23 Å². The summed E-state index contributed by atoms with van der Waals surface area (Å²) in [5, 5.41) is 0. The highest BCUT2D eigenvalue weighted by molar-refractivity contribution is 5.36. The first-order valence-electron chi connectivity index (χ1n) is 5.14. The standard InChI is InChI=1S/C13H19FO/c1-9-6-10(8-15-5)7-11(14)12(9)13(2,3)4/h6-7H,8H2,1-5H3. The van der Waals surface area contributed by atoms with E-state index >= 15 is 0 Å². The van der Waals surface area contributed by atoms with Gasteiger partial charge in [-0.15, -0.1) is 0 Å². The Kier molecular flexibility index (Phi) is 3.50. The summed E-state index contributed by atoms with van der Waals surface area (Å²) in [6.45, 7) is 8.47. The predicted octanol–water partition coefficient (Wildman–Crippen LogP) is 3.58. The van der Waals surface area contributed by atoms with E-state index in [9.17, 15) is 4.39 Å². The maximum absolute atomic E-state index is 13.9. The van der Waals surface area contributed by atoms with Crippen molar-refractivity contribution in [2.24, 2.45) is 0 Å². The van der Waals surface area contributed by atoms with E-state index in [2.05, 4.69) is 0 Å². The Hall–Kier alpha value is -0.890. The van der Waals surface area contributed by atoms with Crippen LogP contribution in [0.15, 0.2) is 12.1 Å². The van der Waals surface area contributed by atoms with Gasteiger partial charge in [-0.3, -0.25) is 0 Å². The lowest BCUT2D eigenvalue weighted by Gasteiger charge is -2.23. The summed E-state index contributed by atoms with van der Waals surface area (Å²) in [4.78, 5) is 0. The molecule has 1 aromatic rings. The summed E-state index contributed by atoms with van der Waals surface area (Å²) in [6.07, 6.45) is 0. The number of aryl methyl sites for hydroxylation is 1. The van der Waals surface area contributed by atoms with Gasteiger partial charge in [0.2, 0.25) is 0 Å². The number of hydrogen-bond acceptors (Lipinski definition) is 1. The van der Waals surface area contributed by atoms with E-state index in [1.807, 2.05) is 33.8 Å². The van der Waals surface area contributed by atoms with Crippen LogP contribution in [0.25, 0.3) is 0 Å². The van der Waals surface area contributed by atoms with Gasteiger partial charge in [0.25, 0.3) is 0 Å². The molecule has 1 aromatic carbocycles. The van der Waals surface area contributed by atoms with Gasteiger partial charge in [-0.25, -0.2) is 4.39 Å². The van der Waals surface area contributed by atoms with E-state index in [-0.39, 0.29) is 11.2 Å². The lowest BCUT2D eigenvalue weighted by atomic mass is 9.83. The molecule has 2 heteroatoms. The summed E-state index contributed by atoms with van der Waals surface area (Å²) in [7, 11) is 1.62. The fraction of sp³-hybridized carbons (Fsp3) is 0.538. The number of halogens is 1. The van der Waals surface area contributed by atoms with Gasteiger partial charge in [0.05, 0.1) is 6.61 Å². The fourth-order valence-electron chi connectivity index (χ4n) is 2.01. The lowest BCUT2D eigenvalue weighted by Crippen LogP contribution is -2.16. The summed E-state index contributed by atoms with van der Waals surface area (Å²) in [6, 6.07) is 3.56. The zero-order chi connectivity index (χ0) is 11.6. The molecule has 1 rings (SSSR count). The lowest BCUT2D eigenvalue weighted by molar-refractivity contribution is 0.184. The minimum absolute atomic E-state index is 0.130. The molecule has 0 saturated heterocycles. The van der Waals surface area contributed by atoms with Crippen LogP contribution in [0.2, 0.25) is 0 Å². The average Bonchev–Trinajstić information content (AvgIpc) is 1.99. The molecule has 0 heterocycles. The molecule has 0 aliphatic carbocycles. The predicted molar refractivity (Wildman–Crippen MR) is 60.6 cm³/mol. The van der Waals surface area contributed by atoms with Crippen molar-refractivity contribution in [2.45, 2.75) is 39.7 Å². The van der Waals surface area contributed by atoms with E-state index in [0.29, 0.717) is 6.61 Å². The van der Waals surface area contributed by atoms with Crippen LogP contribution in [0.3, 0.4) is 0 Å². The van der Waals surface area contributed by atoms with Crippen molar-refractivity contribution < 1.29 is 9.13 Å². The van der Waals surface area contributed by atoms with Gasteiger partial charge in [0.15, 0.2) is 0 Å². The van der Waals surface area contributed by atoms with Crippen LogP contribution in [0.5, 0.6) is 0 Å². The van der Waals surface area contributed by atoms with E-state index in [4.69, 9.17) is 4.74 Å². The van der Waals surface area contributed by atoms with Gasteiger partial charge in [-0.1, -0.05) is 26.8 Å². The second-order valence-electron chi connectivity index (χ2n) is 4.95. The third-order valence-electron chi connectivity index (χ3n) is 2.41. The van der Waals surface area contributed by atoms with Crippen LogP contribution in [0, 0.1) is 12.7 Å². The molecular weight excluding hydrogens is 191 g/mol. The monoisotopic (exact) mass is 210 g/mol. The maximum atomic E-state index is 13.9. The Bertz CT molecular complexity index is 327. The molecule has 0 amide bonds. The van der Waals surface area contributed by atoms with E-state index in [1.165, 1.54) is 0 Å². The molecule has 0 bridgehead atoms. The number of ether oxygens (including phenoxy) is 1. The molecule has 1 nitrogen and oxygen atoms in total. The highest BCUT2D eigenvalue weighted by Crippen LogP contribution is 2.29. The van der Waals surface area contributed by atoms with Crippen molar-refractivity contribution in [1.82, 2.24) is 0 Å². The molecule has 0 aromatic heterocycles. The number of benzene rings is 1. The quantitative estimate of drug-likeness (QED) is 0.725. The van der Waals surface area contributed by atoms with Crippen LogP contribution < -0.4 is 0 Å². The minimum Gasteiger partial charge on any atom is -0.380 e. The first kappa shape index (κ1) is 12.2. The zero-order valence-corrected chi connectivity index (χ0v) is 10.1. The van der Waals surface area contributed by atoms with Gasteiger partial charge < -0.3 is 4.74 Å². The van der Waals surface area contributed by atoms with E-state index < -0.39 is 0 Å². The second-order valence-corrected chi connectivity index (χ2v) is 4.95. The van der Waals surface area contributed by atoms with Gasteiger partial charge in [-0.05, 0) is 35.1 Å². The Morgan fingerprint density at radius 1 is 1.27 bits per heavy atom. The number of rotatable bonds is 2. The molecule has 15 heavy (non-hydrogen) atoms. The summed E-state index contributed by atoms with van der Waals surface area (Å²) in [5.41, 5.74) is 2.53. The fourth-order valence-corrected chi connectivity index (χ4v) is 2.01. The molecule has 0 saturated carbocycles. The average molecular weight is 210 g/mol. The van der Waals surface area contributed by atoms with Crippen molar-refractivity contribution in [3.63, 3.8) is 0 Å². The minimum atomic E-state index is -0.153. The highest BCUT2D eigenvalue weighted by atomic mass is 19.1. The molecule has 0 N–H and O–H groups in total. The van der Waals surface area contributed by atoms with Gasteiger partial charge in [-0.2, -0.15) is 0 Å². The van der Waals surface area contributed by atoms with Gasteiger partial charge in [0, 0.05) is 7.11 Å². The van der Waals surface area contributed by atoms with Crippen LogP contribution in [0.4, 0.5) is 4.39 Å². The molecule has 0 radical (unpaired) electrons. The third kappa shape index (κ3) is 2.78. The van der Waals surface area contributed by atoms with Crippen LogP contribution in [-0.4, -0.2) is 7.11 Å². The van der Waals surface area contributed by atoms with Crippen LogP contribution in [-0.2, 0) is 16.8 Å². The van der Waals surface area contributed by atoms with Crippen molar-refractivity contribution in [2.75, 3.05) is 7.11 Å². The Balaban J connectivity index is 3.22. The van der Waals surface area contributed by atoms with Crippen molar-refractivity contribution in [1.29, 1.82) is 0 Å². The molecule has 84 valence electrons. The summed E-state index contributed by atoms with van der Waals surface area (Å²) < 4.78 is 18.9. The van der Waals surface area contributed by atoms with Crippen molar-refractivity contribution in [3.05, 3.63) is 34.6 Å². The Labute approximate surface area is 91.3 Å². The largest absolute Gasteiger partial charge is 0.380 e. The van der Waals surface area contributed by atoms with Gasteiger partial charge >= 0.3 is 0 Å².